The highest BCUT2D eigenvalue weighted by atomic mass is 35.5. The van der Waals surface area contributed by atoms with Crippen molar-refractivity contribution < 1.29 is 19.4 Å². The summed E-state index contributed by atoms with van der Waals surface area (Å²) in [6.45, 7) is 0.752. The maximum Gasteiger partial charge on any atom is 0.295 e. The second kappa shape index (κ2) is 8.98. The Morgan fingerprint density at radius 2 is 1.88 bits per heavy atom. The van der Waals surface area contributed by atoms with Crippen LogP contribution in [0.4, 0.5) is 0 Å². The molecule has 166 valence electrons. The number of aryl methyl sites for hydroxylation is 1. The molecule has 1 N–H and O–H groups in total. The molecule has 6 nitrogen and oxygen atoms in total. The third kappa shape index (κ3) is 3.79. The van der Waals surface area contributed by atoms with Crippen LogP contribution < -0.4 is 0 Å². The minimum atomic E-state index is -0.743. The lowest BCUT2D eigenvalue weighted by Crippen LogP contribution is -2.31. The lowest BCUT2D eigenvalue weighted by atomic mass is 9.95. The number of hydrogen-bond acceptors (Lipinski definition) is 4. The Bertz CT molecular complexity index is 1250. The second-order valence-corrected chi connectivity index (χ2v) is 8.49. The largest absolute Gasteiger partial charge is 0.507 e. The summed E-state index contributed by atoms with van der Waals surface area (Å²) in [6.07, 6.45) is 2.45. The van der Waals surface area contributed by atoms with Gasteiger partial charge in [-0.3, -0.25) is 9.59 Å². The van der Waals surface area contributed by atoms with Crippen LogP contribution >= 0.6 is 23.2 Å². The highest BCUT2D eigenvalue weighted by Gasteiger charge is 2.46. The highest BCUT2D eigenvalue weighted by molar-refractivity contribution is 6.47. The molecule has 4 rings (SSSR count). The summed E-state index contributed by atoms with van der Waals surface area (Å²) in [5, 5.41) is 12.6. The molecule has 0 saturated carbocycles. The number of amides is 1. The van der Waals surface area contributed by atoms with Gasteiger partial charge in [0.2, 0.25) is 0 Å². The molecule has 1 unspecified atom stereocenters. The van der Waals surface area contributed by atoms with Crippen molar-refractivity contribution in [2.75, 3.05) is 20.3 Å². The Labute approximate surface area is 195 Å². The number of methoxy groups -OCH3 is 1. The number of hydrogen-bond donors (Lipinski definition) is 1. The summed E-state index contributed by atoms with van der Waals surface area (Å²) in [6, 6.07) is 11.6. The first kappa shape index (κ1) is 22.4. The van der Waals surface area contributed by atoms with E-state index in [9.17, 15) is 14.7 Å². The van der Waals surface area contributed by atoms with Crippen LogP contribution in [-0.4, -0.2) is 46.5 Å². The fourth-order valence-electron chi connectivity index (χ4n) is 4.20. The Morgan fingerprint density at radius 1 is 1.12 bits per heavy atom. The summed E-state index contributed by atoms with van der Waals surface area (Å²) in [7, 11) is 3.49. The van der Waals surface area contributed by atoms with E-state index in [1.54, 1.807) is 19.2 Å². The molecule has 1 amide bonds. The molecule has 1 aromatic heterocycles. The predicted octanol–water partition coefficient (Wildman–Crippen LogP) is 4.94. The quantitative estimate of drug-likeness (QED) is 0.238. The second-order valence-electron chi connectivity index (χ2n) is 7.68. The zero-order chi connectivity index (χ0) is 23.0. The Balaban J connectivity index is 1.93. The van der Waals surface area contributed by atoms with Gasteiger partial charge >= 0.3 is 0 Å². The summed E-state index contributed by atoms with van der Waals surface area (Å²) in [5.41, 5.74) is 2.07. The van der Waals surface area contributed by atoms with Gasteiger partial charge in [0, 0.05) is 55.5 Å². The van der Waals surface area contributed by atoms with Gasteiger partial charge in [-0.1, -0.05) is 41.4 Å². The number of benzene rings is 2. The van der Waals surface area contributed by atoms with Gasteiger partial charge in [-0.05, 0) is 30.7 Å². The van der Waals surface area contributed by atoms with Crippen molar-refractivity contribution in [3.8, 4) is 0 Å². The number of nitrogens with zero attached hydrogens (tertiary/aromatic N) is 2. The summed E-state index contributed by atoms with van der Waals surface area (Å²) in [4.78, 5) is 27.7. The number of carbonyl (C=O) groups is 2. The molecule has 1 saturated heterocycles. The van der Waals surface area contributed by atoms with Crippen LogP contribution in [0.3, 0.4) is 0 Å². The Kier molecular flexibility index (Phi) is 6.29. The topological polar surface area (TPSA) is 71.8 Å². The molecule has 0 bridgehead atoms. The SMILES string of the molecule is COCCCN1C(=O)C(=O)/C(=C(/O)c2ccc(Cl)c(Cl)c2)C1c1cn(C)c2ccccc12. The average molecular weight is 473 g/mol. The van der Waals surface area contributed by atoms with Crippen molar-refractivity contribution in [1.29, 1.82) is 0 Å². The van der Waals surface area contributed by atoms with Crippen LogP contribution in [0.1, 0.15) is 23.6 Å². The first-order valence-electron chi connectivity index (χ1n) is 10.1. The van der Waals surface area contributed by atoms with Crippen LogP contribution in [0.2, 0.25) is 10.0 Å². The molecule has 1 aliphatic heterocycles. The average Bonchev–Trinajstić information content (AvgIpc) is 3.24. The molecule has 3 aromatic rings. The van der Waals surface area contributed by atoms with Gasteiger partial charge in [0.15, 0.2) is 0 Å². The van der Waals surface area contributed by atoms with Crippen LogP contribution in [0.25, 0.3) is 16.7 Å². The smallest absolute Gasteiger partial charge is 0.295 e. The molecule has 2 aromatic carbocycles. The van der Waals surface area contributed by atoms with Crippen molar-refractivity contribution in [3.63, 3.8) is 0 Å². The lowest BCUT2D eigenvalue weighted by Gasteiger charge is -2.24. The minimum absolute atomic E-state index is 0.0298. The van der Waals surface area contributed by atoms with Gasteiger partial charge in [0.1, 0.15) is 5.76 Å². The number of para-hydroxylation sites is 1. The van der Waals surface area contributed by atoms with Gasteiger partial charge in [-0.25, -0.2) is 0 Å². The molecule has 2 heterocycles. The maximum absolute atomic E-state index is 13.1. The first-order valence-corrected chi connectivity index (χ1v) is 10.9. The van der Waals surface area contributed by atoms with E-state index < -0.39 is 17.7 Å². The zero-order valence-electron chi connectivity index (χ0n) is 17.6. The maximum atomic E-state index is 13.1. The number of fused-ring (bicyclic) bond motifs is 1. The van der Waals surface area contributed by atoms with Crippen molar-refractivity contribution >= 4 is 51.6 Å². The standard InChI is InChI=1S/C24H22Cl2N2O4/c1-27-13-16(15-6-3-4-7-19(15)27)21-20(22(29)14-8-9-17(25)18(26)12-14)23(30)24(31)28(21)10-5-11-32-2/h3-4,6-9,12-13,21,29H,5,10-11H2,1-2H3/b22-20+. The number of halogens is 2. The number of likely N-dealkylation sites (tertiary alicyclic amines) is 1. The van der Waals surface area contributed by atoms with E-state index in [1.807, 2.05) is 42.1 Å². The molecule has 0 spiro atoms. The highest BCUT2D eigenvalue weighted by Crippen LogP contribution is 2.42. The zero-order valence-corrected chi connectivity index (χ0v) is 19.2. The summed E-state index contributed by atoms with van der Waals surface area (Å²) < 4.78 is 7.07. The van der Waals surface area contributed by atoms with Crippen LogP contribution in [0, 0.1) is 0 Å². The fraction of sp³-hybridized carbons (Fsp3) is 0.250. The molecular formula is C24H22Cl2N2O4. The van der Waals surface area contributed by atoms with E-state index in [1.165, 1.54) is 11.0 Å². The van der Waals surface area contributed by atoms with Crippen molar-refractivity contribution in [1.82, 2.24) is 9.47 Å². The van der Waals surface area contributed by atoms with Crippen molar-refractivity contribution in [3.05, 3.63) is 75.4 Å². The number of carbonyl (C=O) groups excluding carboxylic acids is 2. The monoisotopic (exact) mass is 472 g/mol. The Morgan fingerprint density at radius 3 is 2.59 bits per heavy atom. The molecule has 1 fully saturated rings. The number of aliphatic hydroxyl groups excluding tert-OH is 1. The lowest BCUT2D eigenvalue weighted by molar-refractivity contribution is -0.140. The van der Waals surface area contributed by atoms with E-state index in [0.717, 1.165) is 16.5 Å². The summed E-state index contributed by atoms with van der Waals surface area (Å²) >= 11 is 12.1. The molecule has 0 radical (unpaired) electrons. The molecule has 8 heteroatoms. The predicted molar refractivity (Wildman–Crippen MR) is 125 cm³/mol. The van der Waals surface area contributed by atoms with Crippen LogP contribution in [0.5, 0.6) is 0 Å². The van der Waals surface area contributed by atoms with E-state index >= 15 is 0 Å². The normalized spacial score (nSPS) is 18.1. The van der Waals surface area contributed by atoms with E-state index in [2.05, 4.69) is 0 Å². The van der Waals surface area contributed by atoms with Gasteiger partial charge in [0.25, 0.3) is 11.7 Å². The molecule has 32 heavy (non-hydrogen) atoms. The van der Waals surface area contributed by atoms with Gasteiger partial charge in [-0.15, -0.1) is 0 Å². The number of aliphatic hydroxyl groups is 1. The number of ether oxygens (including phenoxy) is 1. The van der Waals surface area contributed by atoms with E-state index in [4.69, 9.17) is 27.9 Å². The Hall–Kier alpha value is -2.80. The number of aromatic nitrogens is 1. The van der Waals surface area contributed by atoms with Gasteiger partial charge in [0.05, 0.1) is 21.7 Å². The number of rotatable bonds is 6. The van der Waals surface area contributed by atoms with Crippen LogP contribution in [-0.2, 0) is 21.4 Å². The molecule has 0 aliphatic carbocycles. The fourth-order valence-corrected chi connectivity index (χ4v) is 4.50. The molecule has 1 atom stereocenters. The van der Waals surface area contributed by atoms with Gasteiger partial charge < -0.3 is 19.3 Å². The van der Waals surface area contributed by atoms with Crippen molar-refractivity contribution in [2.45, 2.75) is 12.5 Å². The van der Waals surface area contributed by atoms with Crippen LogP contribution in [0.15, 0.2) is 54.2 Å². The first-order chi connectivity index (χ1) is 15.3. The molecule has 1 aliphatic rings. The molecular weight excluding hydrogens is 451 g/mol. The third-order valence-corrected chi connectivity index (χ3v) is 6.44. The van der Waals surface area contributed by atoms with Crippen molar-refractivity contribution in [2.24, 2.45) is 7.05 Å². The minimum Gasteiger partial charge on any atom is -0.507 e. The summed E-state index contributed by atoms with van der Waals surface area (Å²) in [5.74, 6) is -1.67. The number of ketones is 1. The van der Waals surface area contributed by atoms with E-state index in [-0.39, 0.29) is 16.4 Å². The third-order valence-electron chi connectivity index (χ3n) is 5.70. The van der Waals surface area contributed by atoms with Gasteiger partial charge in [-0.2, -0.15) is 0 Å². The van der Waals surface area contributed by atoms with E-state index in [0.29, 0.717) is 30.2 Å². The number of Topliss-reactive ketones (excluding diaryl/α,β-unsaturated/α-hetero) is 1.